The third-order valence-electron chi connectivity index (χ3n) is 3.08. The molecular weight excluding hydrogens is 324 g/mol. The zero-order valence-electron chi connectivity index (χ0n) is 12.7. The Bertz CT molecular complexity index is 453. The molecule has 0 spiro atoms. The third kappa shape index (κ3) is 5.56. The summed E-state index contributed by atoms with van der Waals surface area (Å²) in [6.07, 6.45) is 0. The Labute approximate surface area is 138 Å². The number of amides is 2. The zero-order chi connectivity index (χ0) is 17.2. The lowest BCUT2D eigenvalue weighted by atomic mass is 10.3. The van der Waals surface area contributed by atoms with Crippen LogP contribution in [0, 0.1) is 0 Å². The van der Waals surface area contributed by atoms with Crippen LogP contribution in [0.1, 0.15) is 19.3 Å². The minimum absolute atomic E-state index is 0.0989. The monoisotopic (exact) mass is 346 g/mol. The molecule has 0 fully saturated rings. The van der Waals surface area contributed by atoms with Gasteiger partial charge in [0.15, 0.2) is 0 Å². The van der Waals surface area contributed by atoms with Crippen molar-refractivity contribution in [2.24, 2.45) is 0 Å². The standard InChI is InChI=1S/C14H22N2O6S/c17-7-3-15(4-8-18)13(21)11-1-2-12(23-11)14(22)16(5-9-19)6-10-20/h1-2,17-20H,3-10H2. The Kier molecular flexibility index (Phi) is 8.74. The lowest BCUT2D eigenvalue weighted by Gasteiger charge is -2.20. The zero-order valence-corrected chi connectivity index (χ0v) is 13.5. The summed E-state index contributed by atoms with van der Waals surface area (Å²) in [6, 6.07) is 3.02. The van der Waals surface area contributed by atoms with Gasteiger partial charge in [-0.3, -0.25) is 9.59 Å². The Balaban J connectivity index is 2.86. The first-order valence-corrected chi connectivity index (χ1v) is 8.02. The highest BCUT2D eigenvalue weighted by Crippen LogP contribution is 2.20. The van der Waals surface area contributed by atoms with E-state index in [0.717, 1.165) is 11.3 Å². The van der Waals surface area contributed by atoms with Crippen molar-refractivity contribution in [3.63, 3.8) is 0 Å². The van der Waals surface area contributed by atoms with E-state index in [1.165, 1.54) is 21.9 Å². The van der Waals surface area contributed by atoms with Gasteiger partial charge in [-0.1, -0.05) is 0 Å². The van der Waals surface area contributed by atoms with Crippen LogP contribution >= 0.6 is 11.3 Å². The SMILES string of the molecule is O=C(c1ccc(C(=O)N(CCO)CCO)s1)N(CCO)CCO. The van der Waals surface area contributed by atoms with E-state index in [2.05, 4.69) is 0 Å². The van der Waals surface area contributed by atoms with E-state index in [1.807, 2.05) is 0 Å². The molecule has 0 aromatic carbocycles. The molecule has 0 radical (unpaired) electrons. The van der Waals surface area contributed by atoms with Gasteiger partial charge in [-0.15, -0.1) is 11.3 Å². The average Bonchev–Trinajstić information content (AvgIpc) is 3.03. The summed E-state index contributed by atoms with van der Waals surface area (Å²) in [5, 5.41) is 35.9. The van der Waals surface area contributed by atoms with Crippen molar-refractivity contribution < 1.29 is 30.0 Å². The molecule has 0 atom stereocenters. The quantitative estimate of drug-likeness (QED) is 0.413. The Morgan fingerprint density at radius 2 is 1.04 bits per heavy atom. The maximum Gasteiger partial charge on any atom is 0.264 e. The van der Waals surface area contributed by atoms with Gasteiger partial charge in [0.05, 0.1) is 36.2 Å². The topological polar surface area (TPSA) is 122 Å². The van der Waals surface area contributed by atoms with Crippen LogP contribution in [0.4, 0.5) is 0 Å². The molecule has 4 N–H and O–H groups in total. The van der Waals surface area contributed by atoms with Crippen LogP contribution < -0.4 is 0 Å². The fourth-order valence-electron chi connectivity index (χ4n) is 1.99. The third-order valence-corrected chi connectivity index (χ3v) is 4.14. The first kappa shape index (κ1) is 19.5. The van der Waals surface area contributed by atoms with E-state index >= 15 is 0 Å². The number of nitrogens with zero attached hydrogens (tertiary/aromatic N) is 2. The van der Waals surface area contributed by atoms with Gasteiger partial charge in [0.1, 0.15) is 0 Å². The van der Waals surface area contributed by atoms with Crippen molar-refractivity contribution in [1.82, 2.24) is 9.80 Å². The molecular formula is C14H22N2O6S. The van der Waals surface area contributed by atoms with Crippen molar-refractivity contribution in [3.05, 3.63) is 21.9 Å². The molecule has 0 saturated carbocycles. The molecule has 0 aliphatic heterocycles. The lowest BCUT2D eigenvalue weighted by molar-refractivity contribution is 0.0687. The molecule has 9 heteroatoms. The molecule has 0 unspecified atom stereocenters. The number of hydrogen-bond acceptors (Lipinski definition) is 7. The van der Waals surface area contributed by atoms with Crippen LogP contribution in [0.3, 0.4) is 0 Å². The number of thiophene rings is 1. The highest BCUT2D eigenvalue weighted by atomic mass is 32.1. The van der Waals surface area contributed by atoms with Crippen molar-refractivity contribution >= 4 is 23.2 Å². The van der Waals surface area contributed by atoms with E-state index in [1.54, 1.807) is 0 Å². The fraction of sp³-hybridized carbons (Fsp3) is 0.571. The summed E-state index contributed by atoms with van der Waals surface area (Å²) in [5.41, 5.74) is 0. The summed E-state index contributed by atoms with van der Waals surface area (Å²) in [4.78, 5) is 27.8. The summed E-state index contributed by atoms with van der Waals surface area (Å²) < 4.78 is 0. The average molecular weight is 346 g/mol. The normalized spacial score (nSPS) is 10.6. The van der Waals surface area contributed by atoms with Crippen LogP contribution in [0.5, 0.6) is 0 Å². The summed E-state index contributed by atoms with van der Waals surface area (Å²) >= 11 is 1.00. The second-order valence-electron chi connectivity index (χ2n) is 4.64. The Morgan fingerprint density at radius 3 is 1.30 bits per heavy atom. The molecule has 130 valence electrons. The maximum absolute atomic E-state index is 12.3. The van der Waals surface area contributed by atoms with Gasteiger partial charge < -0.3 is 30.2 Å². The van der Waals surface area contributed by atoms with Gasteiger partial charge >= 0.3 is 0 Å². The summed E-state index contributed by atoms with van der Waals surface area (Å²) in [6.45, 7) is -0.479. The summed E-state index contributed by atoms with van der Waals surface area (Å²) in [7, 11) is 0. The Morgan fingerprint density at radius 1 is 0.739 bits per heavy atom. The highest BCUT2D eigenvalue weighted by Gasteiger charge is 2.21. The first-order valence-electron chi connectivity index (χ1n) is 7.20. The number of carbonyl (C=O) groups excluding carboxylic acids is 2. The van der Waals surface area contributed by atoms with E-state index in [-0.39, 0.29) is 64.4 Å². The Hall–Kier alpha value is -1.52. The predicted molar refractivity (Wildman–Crippen MR) is 84.5 cm³/mol. The van der Waals surface area contributed by atoms with Crippen molar-refractivity contribution in [2.75, 3.05) is 52.6 Å². The lowest BCUT2D eigenvalue weighted by Crippen LogP contribution is -2.35. The van der Waals surface area contributed by atoms with Crippen LogP contribution in [0.2, 0.25) is 0 Å². The molecule has 2 amide bonds. The molecule has 1 rings (SSSR count). The van der Waals surface area contributed by atoms with Gasteiger partial charge in [-0.2, -0.15) is 0 Å². The molecule has 0 bridgehead atoms. The van der Waals surface area contributed by atoms with E-state index in [0.29, 0.717) is 9.75 Å². The van der Waals surface area contributed by atoms with E-state index in [9.17, 15) is 9.59 Å². The number of carbonyl (C=O) groups is 2. The van der Waals surface area contributed by atoms with Crippen LogP contribution in [-0.4, -0.2) is 94.6 Å². The van der Waals surface area contributed by atoms with Gasteiger partial charge in [0.2, 0.25) is 0 Å². The predicted octanol–water partition coefficient (Wildman–Crippen LogP) is -1.40. The second-order valence-corrected chi connectivity index (χ2v) is 5.73. The van der Waals surface area contributed by atoms with Crippen molar-refractivity contribution in [2.45, 2.75) is 0 Å². The van der Waals surface area contributed by atoms with Crippen molar-refractivity contribution in [3.8, 4) is 0 Å². The molecule has 23 heavy (non-hydrogen) atoms. The number of aliphatic hydroxyl groups excluding tert-OH is 4. The van der Waals surface area contributed by atoms with Crippen LogP contribution in [0.25, 0.3) is 0 Å². The molecule has 0 aliphatic rings. The molecule has 1 aromatic heterocycles. The maximum atomic E-state index is 12.3. The molecule has 8 nitrogen and oxygen atoms in total. The van der Waals surface area contributed by atoms with Crippen LogP contribution in [0.15, 0.2) is 12.1 Å². The van der Waals surface area contributed by atoms with Gasteiger partial charge in [-0.05, 0) is 12.1 Å². The second kappa shape index (κ2) is 10.3. The largest absolute Gasteiger partial charge is 0.395 e. The highest BCUT2D eigenvalue weighted by molar-refractivity contribution is 7.15. The molecule has 1 heterocycles. The van der Waals surface area contributed by atoms with E-state index in [4.69, 9.17) is 20.4 Å². The van der Waals surface area contributed by atoms with Gasteiger partial charge in [0.25, 0.3) is 11.8 Å². The number of rotatable bonds is 10. The van der Waals surface area contributed by atoms with Gasteiger partial charge in [0, 0.05) is 26.2 Å². The molecule has 1 aromatic rings. The minimum atomic E-state index is -0.368. The van der Waals surface area contributed by atoms with Crippen molar-refractivity contribution in [1.29, 1.82) is 0 Å². The first-order chi connectivity index (χ1) is 11.1. The number of hydrogen-bond donors (Lipinski definition) is 4. The smallest absolute Gasteiger partial charge is 0.264 e. The minimum Gasteiger partial charge on any atom is -0.395 e. The molecule has 0 saturated heterocycles. The fourth-order valence-corrected chi connectivity index (χ4v) is 2.93. The summed E-state index contributed by atoms with van der Waals surface area (Å²) in [5.74, 6) is -0.735. The van der Waals surface area contributed by atoms with E-state index < -0.39 is 0 Å². The van der Waals surface area contributed by atoms with Crippen LogP contribution in [-0.2, 0) is 0 Å². The molecule has 0 aliphatic carbocycles. The van der Waals surface area contributed by atoms with Gasteiger partial charge in [-0.25, -0.2) is 0 Å². The number of aliphatic hydroxyl groups is 4.